The maximum absolute atomic E-state index is 9.05. The lowest BCUT2D eigenvalue weighted by molar-refractivity contribution is 0.238. The number of hydrogen-bond donors (Lipinski definition) is 2. The number of aliphatic hydroxyl groups excluding tert-OH is 1. The van der Waals surface area contributed by atoms with Gasteiger partial charge in [-0.1, -0.05) is 31.7 Å². The molecular formula is C14H21NO2. The number of rotatable bonds is 8. The van der Waals surface area contributed by atoms with Crippen molar-refractivity contribution < 1.29 is 9.84 Å². The summed E-state index contributed by atoms with van der Waals surface area (Å²) in [7, 11) is 0. The first-order valence-electron chi connectivity index (χ1n) is 5.97. The van der Waals surface area contributed by atoms with E-state index in [4.69, 9.17) is 9.84 Å². The van der Waals surface area contributed by atoms with Crippen LogP contribution in [0.2, 0.25) is 0 Å². The van der Waals surface area contributed by atoms with Gasteiger partial charge in [0.25, 0.3) is 0 Å². The van der Waals surface area contributed by atoms with Gasteiger partial charge in [0.2, 0.25) is 0 Å². The molecule has 0 aliphatic rings. The van der Waals surface area contributed by atoms with Crippen LogP contribution in [0.1, 0.15) is 18.9 Å². The predicted octanol–water partition coefficient (Wildman–Crippen LogP) is 2.11. The van der Waals surface area contributed by atoms with Crippen molar-refractivity contribution in [3.8, 4) is 5.75 Å². The molecule has 0 spiro atoms. The van der Waals surface area contributed by atoms with Gasteiger partial charge in [0, 0.05) is 12.6 Å². The molecule has 2 N–H and O–H groups in total. The Morgan fingerprint density at radius 2 is 2.12 bits per heavy atom. The molecule has 0 saturated carbocycles. The second-order valence-corrected chi connectivity index (χ2v) is 3.91. The van der Waals surface area contributed by atoms with Gasteiger partial charge in [0.15, 0.2) is 0 Å². The van der Waals surface area contributed by atoms with Crippen LogP contribution in [-0.2, 0) is 6.54 Å². The first-order chi connectivity index (χ1) is 8.30. The SMILES string of the molecule is C=CCOc1ccc(CN[C@H](CC)CO)cc1. The lowest BCUT2D eigenvalue weighted by Crippen LogP contribution is -2.31. The Hall–Kier alpha value is -1.32. The molecule has 0 saturated heterocycles. The van der Waals surface area contributed by atoms with Crippen molar-refractivity contribution in [3.05, 3.63) is 42.5 Å². The van der Waals surface area contributed by atoms with Crippen LogP contribution < -0.4 is 10.1 Å². The predicted molar refractivity (Wildman–Crippen MR) is 70.1 cm³/mol. The van der Waals surface area contributed by atoms with Gasteiger partial charge < -0.3 is 15.2 Å². The summed E-state index contributed by atoms with van der Waals surface area (Å²) in [6.45, 7) is 7.13. The summed E-state index contributed by atoms with van der Waals surface area (Å²) in [5.41, 5.74) is 1.18. The lowest BCUT2D eigenvalue weighted by atomic mass is 10.2. The van der Waals surface area contributed by atoms with E-state index < -0.39 is 0 Å². The Morgan fingerprint density at radius 3 is 2.65 bits per heavy atom. The topological polar surface area (TPSA) is 41.5 Å². The highest BCUT2D eigenvalue weighted by Gasteiger charge is 2.03. The van der Waals surface area contributed by atoms with Crippen LogP contribution in [0.25, 0.3) is 0 Å². The van der Waals surface area contributed by atoms with Gasteiger partial charge in [-0.3, -0.25) is 0 Å². The van der Waals surface area contributed by atoms with Gasteiger partial charge in [-0.05, 0) is 24.1 Å². The molecular weight excluding hydrogens is 214 g/mol. The van der Waals surface area contributed by atoms with Crippen LogP contribution in [0.15, 0.2) is 36.9 Å². The number of benzene rings is 1. The molecule has 3 nitrogen and oxygen atoms in total. The molecule has 0 radical (unpaired) electrons. The second kappa shape index (κ2) is 7.87. The molecule has 0 unspecified atom stereocenters. The van der Waals surface area contributed by atoms with Crippen molar-refractivity contribution in [2.45, 2.75) is 25.9 Å². The highest BCUT2D eigenvalue weighted by molar-refractivity contribution is 5.27. The summed E-state index contributed by atoms with van der Waals surface area (Å²) in [5, 5.41) is 12.3. The van der Waals surface area contributed by atoms with E-state index in [1.54, 1.807) is 6.08 Å². The third-order valence-corrected chi connectivity index (χ3v) is 2.60. The van der Waals surface area contributed by atoms with Crippen LogP contribution in [-0.4, -0.2) is 24.4 Å². The minimum absolute atomic E-state index is 0.173. The molecule has 17 heavy (non-hydrogen) atoms. The maximum Gasteiger partial charge on any atom is 0.119 e. The Morgan fingerprint density at radius 1 is 1.41 bits per heavy atom. The zero-order valence-electron chi connectivity index (χ0n) is 10.4. The fraction of sp³-hybridized carbons (Fsp3) is 0.429. The average Bonchev–Trinajstić information content (AvgIpc) is 2.39. The van der Waals surface area contributed by atoms with E-state index in [1.807, 2.05) is 24.3 Å². The quantitative estimate of drug-likeness (QED) is 0.678. The largest absolute Gasteiger partial charge is 0.490 e. The number of ether oxygens (including phenoxy) is 1. The van der Waals surface area contributed by atoms with E-state index in [-0.39, 0.29) is 12.6 Å². The third-order valence-electron chi connectivity index (χ3n) is 2.60. The van der Waals surface area contributed by atoms with Crippen LogP contribution >= 0.6 is 0 Å². The van der Waals surface area contributed by atoms with Crippen molar-refractivity contribution in [3.63, 3.8) is 0 Å². The molecule has 0 aliphatic heterocycles. The van der Waals surface area contributed by atoms with E-state index in [0.717, 1.165) is 18.7 Å². The number of nitrogens with one attached hydrogen (secondary N) is 1. The van der Waals surface area contributed by atoms with Gasteiger partial charge in [0.05, 0.1) is 6.61 Å². The second-order valence-electron chi connectivity index (χ2n) is 3.91. The Balaban J connectivity index is 2.42. The van der Waals surface area contributed by atoms with E-state index in [1.165, 1.54) is 5.56 Å². The van der Waals surface area contributed by atoms with Gasteiger partial charge in [-0.25, -0.2) is 0 Å². The van der Waals surface area contributed by atoms with Gasteiger partial charge in [-0.2, -0.15) is 0 Å². The van der Waals surface area contributed by atoms with Crippen LogP contribution in [0.5, 0.6) is 5.75 Å². The Bertz CT molecular complexity index is 317. The maximum atomic E-state index is 9.05. The standard InChI is InChI=1S/C14H21NO2/c1-3-9-17-14-7-5-12(6-8-14)10-15-13(4-2)11-16/h3,5-8,13,15-16H,1,4,9-11H2,2H3/t13-/m1/s1. The summed E-state index contributed by atoms with van der Waals surface area (Å²) >= 11 is 0. The summed E-state index contributed by atoms with van der Waals surface area (Å²) in [4.78, 5) is 0. The van der Waals surface area contributed by atoms with Gasteiger partial charge in [0.1, 0.15) is 12.4 Å². The van der Waals surface area contributed by atoms with Gasteiger partial charge >= 0.3 is 0 Å². The highest BCUT2D eigenvalue weighted by atomic mass is 16.5. The number of aliphatic hydroxyl groups is 1. The van der Waals surface area contributed by atoms with Crippen molar-refractivity contribution >= 4 is 0 Å². The molecule has 0 bridgehead atoms. The summed E-state index contributed by atoms with van der Waals surface area (Å²) < 4.78 is 5.40. The van der Waals surface area contributed by atoms with Crippen molar-refractivity contribution in [2.24, 2.45) is 0 Å². The monoisotopic (exact) mass is 235 g/mol. The van der Waals surface area contributed by atoms with E-state index in [2.05, 4.69) is 18.8 Å². The van der Waals surface area contributed by atoms with E-state index in [9.17, 15) is 0 Å². The van der Waals surface area contributed by atoms with Crippen molar-refractivity contribution in [1.29, 1.82) is 0 Å². The number of hydrogen-bond acceptors (Lipinski definition) is 3. The van der Waals surface area contributed by atoms with Crippen LogP contribution in [0, 0.1) is 0 Å². The van der Waals surface area contributed by atoms with Crippen molar-refractivity contribution in [1.82, 2.24) is 5.32 Å². The zero-order valence-corrected chi connectivity index (χ0v) is 10.4. The molecule has 1 aromatic rings. The van der Waals surface area contributed by atoms with Crippen LogP contribution in [0.4, 0.5) is 0 Å². The minimum atomic E-state index is 0.173. The minimum Gasteiger partial charge on any atom is -0.490 e. The molecule has 0 fully saturated rings. The summed E-state index contributed by atoms with van der Waals surface area (Å²) in [6.07, 6.45) is 2.65. The molecule has 0 aromatic heterocycles. The molecule has 0 heterocycles. The fourth-order valence-electron chi connectivity index (χ4n) is 1.46. The van der Waals surface area contributed by atoms with E-state index in [0.29, 0.717) is 6.61 Å². The molecule has 94 valence electrons. The first-order valence-corrected chi connectivity index (χ1v) is 5.97. The average molecular weight is 235 g/mol. The molecule has 3 heteroatoms. The first kappa shape index (κ1) is 13.7. The molecule has 1 atom stereocenters. The smallest absolute Gasteiger partial charge is 0.119 e. The fourth-order valence-corrected chi connectivity index (χ4v) is 1.46. The molecule has 1 rings (SSSR count). The molecule has 0 amide bonds. The van der Waals surface area contributed by atoms with E-state index >= 15 is 0 Å². The van der Waals surface area contributed by atoms with Gasteiger partial charge in [-0.15, -0.1) is 0 Å². The highest BCUT2D eigenvalue weighted by Crippen LogP contribution is 2.12. The third kappa shape index (κ3) is 5.02. The normalized spacial score (nSPS) is 12.1. The zero-order chi connectivity index (χ0) is 12.5. The molecule has 1 aromatic carbocycles. The van der Waals surface area contributed by atoms with Crippen molar-refractivity contribution in [2.75, 3.05) is 13.2 Å². The molecule has 0 aliphatic carbocycles. The Kier molecular flexibility index (Phi) is 6.37. The lowest BCUT2D eigenvalue weighted by Gasteiger charge is -2.14. The summed E-state index contributed by atoms with van der Waals surface area (Å²) in [5.74, 6) is 0.850. The van der Waals surface area contributed by atoms with Crippen LogP contribution in [0.3, 0.4) is 0 Å². The Labute approximate surface area is 103 Å². The summed E-state index contributed by atoms with van der Waals surface area (Å²) in [6, 6.07) is 8.11.